The summed E-state index contributed by atoms with van der Waals surface area (Å²) < 4.78 is 42.0. The van der Waals surface area contributed by atoms with Crippen LogP contribution in [0.4, 0.5) is 13.2 Å². The quantitative estimate of drug-likeness (QED) is 0.351. The number of amides is 1. The van der Waals surface area contributed by atoms with E-state index in [0.717, 1.165) is 35.1 Å². The Kier molecular flexibility index (Phi) is 7.61. The van der Waals surface area contributed by atoms with E-state index in [2.05, 4.69) is 5.32 Å². The van der Waals surface area contributed by atoms with Gasteiger partial charge in [0.15, 0.2) is 0 Å². The van der Waals surface area contributed by atoms with Gasteiger partial charge in [-0.3, -0.25) is 14.2 Å². The molecule has 6 nitrogen and oxygen atoms in total. The molecule has 0 fully saturated rings. The number of aromatic nitrogens is 2. The van der Waals surface area contributed by atoms with Crippen molar-refractivity contribution in [3.63, 3.8) is 0 Å². The second-order valence-corrected chi connectivity index (χ2v) is 8.77. The third kappa shape index (κ3) is 5.82. The summed E-state index contributed by atoms with van der Waals surface area (Å²) in [6.45, 7) is 2.48. The van der Waals surface area contributed by atoms with E-state index >= 15 is 0 Å². The lowest BCUT2D eigenvalue weighted by molar-refractivity contribution is -0.137. The predicted octanol–water partition coefficient (Wildman–Crippen LogP) is 4.68. The Morgan fingerprint density at radius 3 is 2.35 bits per heavy atom. The minimum absolute atomic E-state index is 0.118. The summed E-state index contributed by atoms with van der Waals surface area (Å²) in [6.07, 6.45) is -2.49. The van der Waals surface area contributed by atoms with E-state index in [9.17, 15) is 27.6 Å². The summed E-state index contributed by atoms with van der Waals surface area (Å²) in [5.41, 5.74) is -0.407. The lowest BCUT2D eigenvalue weighted by atomic mass is 10.1. The molecule has 37 heavy (non-hydrogen) atoms. The lowest BCUT2D eigenvalue weighted by Crippen LogP contribution is -2.39. The summed E-state index contributed by atoms with van der Waals surface area (Å²) in [5, 5.41) is 3.10. The number of carbonyl (C=O) groups excluding carboxylic acids is 1. The van der Waals surface area contributed by atoms with Crippen molar-refractivity contribution in [2.24, 2.45) is 0 Å². The minimum Gasteiger partial charge on any atom is -0.356 e. The lowest BCUT2D eigenvalue weighted by Gasteiger charge is -2.15. The van der Waals surface area contributed by atoms with E-state index in [0.29, 0.717) is 17.7 Å². The molecule has 0 radical (unpaired) electrons. The number of nitrogens with one attached hydrogen (secondary N) is 1. The average Bonchev–Trinajstić information content (AvgIpc) is 2.87. The van der Waals surface area contributed by atoms with Crippen LogP contribution in [0.15, 0.2) is 82.4 Å². The first-order valence-electron chi connectivity index (χ1n) is 12.0. The standard InChI is InChI=1S/C28H26F3N3O3/c1-2-3-15-32-25(35)17-19-11-13-22(14-12-19)34-26(36)23-9-4-5-10-24(23)33(27(34)37)18-20-7-6-8-21(16-20)28(29,30)31/h4-14,16H,2-3,15,17-18H2,1H3,(H,32,35). The third-order valence-corrected chi connectivity index (χ3v) is 6.06. The molecule has 0 aliphatic carbocycles. The molecule has 0 saturated heterocycles. The molecular formula is C28H26F3N3O3. The van der Waals surface area contributed by atoms with Crippen molar-refractivity contribution in [2.75, 3.05) is 6.54 Å². The van der Waals surface area contributed by atoms with Gasteiger partial charge in [-0.05, 0) is 53.9 Å². The van der Waals surface area contributed by atoms with Gasteiger partial charge in [-0.15, -0.1) is 0 Å². The number of hydrogen-bond donors (Lipinski definition) is 1. The van der Waals surface area contributed by atoms with Gasteiger partial charge in [0.2, 0.25) is 5.91 Å². The van der Waals surface area contributed by atoms with Gasteiger partial charge in [0, 0.05) is 6.54 Å². The highest BCUT2D eigenvalue weighted by molar-refractivity contribution is 5.79. The first-order chi connectivity index (χ1) is 17.7. The molecule has 0 aliphatic rings. The van der Waals surface area contributed by atoms with E-state index in [1.807, 2.05) is 6.92 Å². The number of nitrogens with zero attached hydrogens (tertiary/aromatic N) is 2. The Morgan fingerprint density at radius 2 is 1.65 bits per heavy atom. The van der Waals surface area contributed by atoms with Crippen molar-refractivity contribution in [2.45, 2.75) is 38.9 Å². The first-order valence-corrected chi connectivity index (χ1v) is 12.0. The molecule has 0 unspecified atom stereocenters. The van der Waals surface area contributed by atoms with Crippen molar-refractivity contribution in [1.82, 2.24) is 14.5 Å². The molecule has 192 valence electrons. The SMILES string of the molecule is CCCCNC(=O)Cc1ccc(-n2c(=O)c3ccccc3n(Cc3cccc(C(F)(F)F)c3)c2=O)cc1. The summed E-state index contributed by atoms with van der Waals surface area (Å²) in [4.78, 5) is 38.9. The van der Waals surface area contributed by atoms with Crippen LogP contribution in [-0.4, -0.2) is 21.6 Å². The Morgan fingerprint density at radius 1 is 0.919 bits per heavy atom. The highest BCUT2D eigenvalue weighted by atomic mass is 19.4. The molecule has 0 aliphatic heterocycles. The number of carbonyl (C=O) groups is 1. The molecule has 1 amide bonds. The third-order valence-electron chi connectivity index (χ3n) is 6.06. The monoisotopic (exact) mass is 509 g/mol. The Bertz CT molecular complexity index is 1540. The normalized spacial score (nSPS) is 11.6. The second kappa shape index (κ2) is 10.9. The maximum Gasteiger partial charge on any atom is 0.416 e. The zero-order chi connectivity index (χ0) is 26.6. The Hall–Kier alpha value is -4.14. The molecule has 4 aromatic rings. The van der Waals surface area contributed by atoms with Crippen molar-refractivity contribution in [1.29, 1.82) is 0 Å². The highest BCUT2D eigenvalue weighted by Crippen LogP contribution is 2.29. The average molecular weight is 510 g/mol. The van der Waals surface area contributed by atoms with Crippen LogP contribution in [0.1, 0.15) is 36.5 Å². The topological polar surface area (TPSA) is 73.1 Å². The van der Waals surface area contributed by atoms with Crippen LogP contribution in [0.3, 0.4) is 0 Å². The number of alkyl halides is 3. The summed E-state index contributed by atoms with van der Waals surface area (Å²) in [7, 11) is 0. The maximum absolute atomic E-state index is 13.5. The second-order valence-electron chi connectivity index (χ2n) is 8.77. The van der Waals surface area contributed by atoms with Crippen molar-refractivity contribution < 1.29 is 18.0 Å². The number of para-hydroxylation sites is 1. The molecule has 0 bridgehead atoms. The van der Waals surface area contributed by atoms with Crippen LogP contribution in [0.2, 0.25) is 0 Å². The van der Waals surface area contributed by atoms with Gasteiger partial charge in [0.1, 0.15) is 0 Å². The van der Waals surface area contributed by atoms with Crippen LogP contribution in [0.25, 0.3) is 16.6 Å². The maximum atomic E-state index is 13.5. The van der Waals surface area contributed by atoms with Gasteiger partial charge < -0.3 is 5.32 Å². The summed E-state index contributed by atoms with van der Waals surface area (Å²) in [5.74, 6) is -0.118. The molecule has 0 saturated carbocycles. The van der Waals surface area contributed by atoms with Crippen molar-refractivity contribution in [3.8, 4) is 5.69 Å². The number of benzene rings is 3. The van der Waals surface area contributed by atoms with E-state index in [-0.39, 0.29) is 29.8 Å². The van der Waals surface area contributed by atoms with Gasteiger partial charge in [-0.25, -0.2) is 9.36 Å². The van der Waals surface area contributed by atoms with Crippen molar-refractivity contribution in [3.05, 3.63) is 110 Å². The minimum atomic E-state index is -4.52. The molecule has 0 spiro atoms. The van der Waals surface area contributed by atoms with Crippen LogP contribution < -0.4 is 16.6 Å². The molecule has 9 heteroatoms. The number of fused-ring (bicyclic) bond motifs is 1. The number of unbranched alkanes of at least 4 members (excludes halogenated alkanes) is 1. The van der Waals surface area contributed by atoms with E-state index in [1.165, 1.54) is 16.7 Å². The summed E-state index contributed by atoms with van der Waals surface area (Å²) in [6, 6.07) is 17.8. The predicted molar refractivity (Wildman–Crippen MR) is 136 cm³/mol. The largest absolute Gasteiger partial charge is 0.416 e. The fraction of sp³-hybridized carbons (Fsp3) is 0.250. The van der Waals surface area contributed by atoms with Gasteiger partial charge >= 0.3 is 11.9 Å². The molecule has 1 heterocycles. The molecule has 4 rings (SSSR count). The van der Waals surface area contributed by atoms with Crippen LogP contribution in [0, 0.1) is 0 Å². The van der Waals surface area contributed by atoms with Crippen LogP contribution in [0.5, 0.6) is 0 Å². The fourth-order valence-electron chi connectivity index (χ4n) is 4.15. The van der Waals surface area contributed by atoms with Crippen LogP contribution in [-0.2, 0) is 23.9 Å². The molecule has 1 aromatic heterocycles. The molecule has 1 N–H and O–H groups in total. The zero-order valence-electron chi connectivity index (χ0n) is 20.2. The number of hydrogen-bond acceptors (Lipinski definition) is 3. The number of halogens is 3. The number of rotatable bonds is 8. The van der Waals surface area contributed by atoms with Gasteiger partial charge in [-0.1, -0.05) is 49.7 Å². The van der Waals surface area contributed by atoms with Crippen molar-refractivity contribution >= 4 is 16.8 Å². The van der Waals surface area contributed by atoms with Gasteiger partial charge in [-0.2, -0.15) is 13.2 Å². The Balaban J connectivity index is 1.73. The van der Waals surface area contributed by atoms with Crippen LogP contribution >= 0.6 is 0 Å². The first kappa shape index (κ1) is 25.9. The molecular weight excluding hydrogens is 483 g/mol. The smallest absolute Gasteiger partial charge is 0.356 e. The fourth-order valence-corrected chi connectivity index (χ4v) is 4.15. The van der Waals surface area contributed by atoms with E-state index < -0.39 is 23.0 Å². The molecule has 0 atom stereocenters. The summed E-state index contributed by atoms with van der Waals surface area (Å²) >= 11 is 0. The van der Waals surface area contributed by atoms with E-state index in [4.69, 9.17) is 0 Å². The highest BCUT2D eigenvalue weighted by Gasteiger charge is 2.30. The zero-order valence-corrected chi connectivity index (χ0v) is 20.2. The van der Waals surface area contributed by atoms with Gasteiger partial charge in [0.05, 0.1) is 35.1 Å². The van der Waals surface area contributed by atoms with Gasteiger partial charge in [0.25, 0.3) is 5.56 Å². The van der Waals surface area contributed by atoms with E-state index in [1.54, 1.807) is 48.5 Å². The Labute approximate surface area is 211 Å². The molecule has 3 aromatic carbocycles.